The number of aryl methyl sites for hydroxylation is 1. The zero-order chi connectivity index (χ0) is 19.6. The molecule has 4 heterocycles. The van der Waals surface area contributed by atoms with Gasteiger partial charge < -0.3 is 18.9 Å². The fraction of sp³-hybridized carbons (Fsp3) is 0.600. The standard InChI is InChI=1S/C20H26N4O4/c1-14-22-18(28-23-14)11-15-5-10-27-20(12-15)6-8-24(9-7-20)19(25)16-3-4-17(26-2)21-13-16/h3-4,13,15H,5-12H2,1-2H3. The van der Waals surface area contributed by atoms with Gasteiger partial charge in [-0.1, -0.05) is 5.16 Å². The van der Waals surface area contributed by atoms with Crippen molar-refractivity contribution in [2.24, 2.45) is 5.92 Å². The smallest absolute Gasteiger partial charge is 0.255 e. The summed E-state index contributed by atoms with van der Waals surface area (Å²) < 4.78 is 16.6. The molecule has 0 aromatic carbocycles. The number of rotatable bonds is 4. The Bertz CT molecular complexity index is 812. The summed E-state index contributed by atoms with van der Waals surface area (Å²) >= 11 is 0. The summed E-state index contributed by atoms with van der Waals surface area (Å²) in [6.45, 7) is 3.96. The molecule has 8 nitrogen and oxygen atoms in total. The lowest BCUT2D eigenvalue weighted by atomic mass is 9.78. The molecule has 0 bridgehead atoms. The predicted octanol–water partition coefficient (Wildman–Crippen LogP) is 2.43. The Labute approximate surface area is 164 Å². The lowest BCUT2D eigenvalue weighted by Crippen LogP contribution is -2.51. The second-order valence-electron chi connectivity index (χ2n) is 7.71. The Morgan fingerprint density at radius 3 is 2.82 bits per heavy atom. The molecule has 1 spiro atoms. The number of piperidine rings is 1. The van der Waals surface area contributed by atoms with Crippen molar-refractivity contribution in [1.82, 2.24) is 20.0 Å². The molecule has 2 aromatic rings. The third-order valence-electron chi connectivity index (χ3n) is 5.78. The second kappa shape index (κ2) is 7.87. The molecule has 2 saturated heterocycles. The molecule has 2 fully saturated rings. The van der Waals surface area contributed by atoms with Gasteiger partial charge >= 0.3 is 0 Å². The van der Waals surface area contributed by atoms with Crippen LogP contribution in [0, 0.1) is 12.8 Å². The molecule has 8 heteroatoms. The Morgan fingerprint density at radius 2 is 2.18 bits per heavy atom. The number of amides is 1. The van der Waals surface area contributed by atoms with Crippen LogP contribution < -0.4 is 4.74 Å². The maximum absolute atomic E-state index is 12.8. The van der Waals surface area contributed by atoms with E-state index in [-0.39, 0.29) is 11.5 Å². The summed E-state index contributed by atoms with van der Waals surface area (Å²) in [7, 11) is 1.56. The second-order valence-corrected chi connectivity index (χ2v) is 7.71. The third kappa shape index (κ3) is 4.01. The monoisotopic (exact) mass is 386 g/mol. The first-order valence-electron chi connectivity index (χ1n) is 9.79. The lowest BCUT2D eigenvalue weighted by Gasteiger charge is -2.46. The first-order chi connectivity index (χ1) is 13.6. The highest BCUT2D eigenvalue weighted by molar-refractivity contribution is 5.94. The molecule has 0 N–H and O–H groups in total. The van der Waals surface area contributed by atoms with Crippen molar-refractivity contribution in [3.63, 3.8) is 0 Å². The highest BCUT2D eigenvalue weighted by Crippen LogP contribution is 2.39. The van der Waals surface area contributed by atoms with Crippen LogP contribution >= 0.6 is 0 Å². The molecule has 0 aliphatic carbocycles. The molecule has 1 amide bonds. The minimum absolute atomic E-state index is 0.0127. The van der Waals surface area contributed by atoms with E-state index in [2.05, 4.69) is 15.1 Å². The normalized spacial score (nSPS) is 21.6. The molecule has 2 aliphatic heterocycles. The lowest BCUT2D eigenvalue weighted by molar-refractivity contribution is -0.124. The fourth-order valence-electron chi connectivity index (χ4n) is 4.25. The van der Waals surface area contributed by atoms with Crippen molar-refractivity contribution < 1.29 is 18.8 Å². The molecule has 1 atom stereocenters. The number of aromatic nitrogens is 3. The first-order valence-corrected chi connectivity index (χ1v) is 9.79. The van der Waals surface area contributed by atoms with Crippen molar-refractivity contribution in [3.8, 4) is 5.88 Å². The number of likely N-dealkylation sites (tertiary alicyclic amines) is 1. The van der Waals surface area contributed by atoms with Gasteiger partial charge in [-0.2, -0.15) is 4.98 Å². The van der Waals surface area contributed by atoms with Crippen LogP contribution in [0.4, 0.5) is 0 Å². The van der Waals surface area contributed by atoms with Gasteiger partial charge in [0.2, 0.25) is 11.8 Å². The van der Waals surface area contributed by atoms with Gasteiger partial charge in [-0.25, -0.2) is 4.98 Å². The van der Waals surface area contributed by atoms with Crippen molar-refractivity contribution in [1.29, 1.82) is 0 Å². The van der Waals surface area contributed by atoms with Gasteiger partial charge in [0.05, 0.1) is 18.3 Å². The van der Waals surface area contributed by atoms with E-state index in [1.54, 1.807) is 25.4 Å². The number of nitrogens with zero attached hydrogens (tertiary/aromatic N) is 4. The van der Waals surface area contributed by atoms with Crippen LogP contribution in [0.15, 0.2) is 22.9 Å². The number of carbonyl (C=O) groups is 1. The largest absolute Gasteiger partial charge is 0.481 e. The molecule has 150 valence electrons. The summed E-state index contributed by atoms with van der Waals surface area (Å²) in [5.41, 5.74) is 0.443. The maximum Gasteiger partial charge on any atom is 0.255 e. The van der Waals surface area contributed by atoms with E-state index >= 15 is 0 Å². The molecular formula is C20H26N4O4. The highest BCUT2D eigenvalue weighted by Gasteiger charge is 2.41. The average molecular weight is 386 g/mol. The SMILES string of the molecule is COc1ccc(C(=O)N2CCC3(CC2)CC(Cc2nc(C)no2)CCO3)cn1. The quantitative estimate of drug-likeness (QED) is 0.797. The van der Waals surface area contributed by atoms with E-state index in [0.29, 0.717) is 42.2 Å². The number of hydrogen-bond acceptors (Lipinski definition) is 7. The maximum atomic E-state index is 12.8. The highest BCUT2D eigenvalue weighted by atomic mass is 16.5. The minimum atomic E-state index is -0.146. The van der Waals surface area contributed by atoms with Gasteiger partial charge in [0.1, 0.15) is 0 Å². The average Bonchev–Trinajstić information content (AvgIpc) is 3.13. The van der Waals surface area contributed by atoms with Gasteiger partial charge in [-0.05, 0) is 44.6 Å². The van der Waals surface area contributed by atoms with Crippen LogP contribution in [0.25, 0.3) is 0 Å². The van der Waals surface area contributed by atoms with Gasteiger partial charge in [-0.15, -0.1) is 0 Å². The molecular weight excluding hydrogens is 360 g/mol. The third-order valence-corrected chi connectivity index (χ3v) is 5.78. The first kappa shape index (κ1) is 18.9. The van der Waals surface area contributed by atoms with Crippen molar-refractivity contribution >= 4 is 5.91 Å². The van der Waals surface area contributed by atoms with Crippen LogP contribution in [0.2, 0.25) is 0 Å². The molecule has 1 unspecified atom stereocenters. The van der Waals surface area contributed by atoms with Crippen LogP contribution in [-0.2, 0) is 11.2 Å². The summed E-state index contributed by atoms with van der Waals surface area (Å²) in [6, 6.07) is 3.48. The fourth-order valence-corrected chi connectivity index (χ4v) is 4.25. The number of hydrogen-bond donors (Lipinski definition) is 0. The Balaban J connectivity index is 1.35. The van der Waals surface area contributed by atoms with Crippen molar-refractivity contribution in [2.45, 2.75) is 44.6 Å². The molecule has 0 saturated carbocycles. The molecule has 0 radical (unpaired) electrons. The van der Waals surface area contributed by atoms with Crippen LogP contribution in [-0.4, -0.2) is 58.3 Å². The van der Waals surface area contributed by atoms with E-state index in [0.717, 1.165) is 38.7 Å². The van der Waals surface area contributed by atoms with Crippen molar-refractivity contribution in [2.75, 3.05) is 26.8 Å². The van der Waals surface area contributed by atoms with Crippen LogP contribution in [0.1, 0.15) is 47.8 Å². The van der Waals surface area contributed by atoms with Crippen LogP contribution in [0.5, 0.6) is 5.88 Å². The molecule has 4 rings (SSSR count). The zero-order valence-electron chi connectivity index (χ0n) is 16.4. The Hall–Kier alpha value is -2.48. The summed E-state index contributed by atoms with van der Waals surface area (Å²) in [4.78, 5) is 23.1. The Kier molecular flexibility index (Phi) is 5.30. The van der Waals surface area contributed by atoms with E-state index in [1.165, 1.54) is 0 Å². The van der Waals surface area contributed by atoms with Gasteiger partial charge in [-0.3, -0.25) is 4.79 Å². The molecule has 2 aliphatic rings. The number of carbonyl (C=O) groups excluding carboxylic acids is 1. The molecule has 28 heavy (non-hydrogen) atoms. The zero-order valence-corrected chi connectivity index (χ0v) is 16.4. The number of methoxy groups -OCH3 is 1. The summed E-state index contributed by atoms with van der Waals surface area (Å²) in [5.74, 6) is 2.38. The van der Waals surface area contributed by atoms with E-state index in [1.807, 2.05) is 11.8 Å². The van der Waals surface area contributed by atoms with Crippen LogP contribution in [0.3, 0.4) is 0 Å². The van der Waals surface area contributed by atoms with E-state index < -0.39 is 0 Å². The van der Waals surface area contributed by atoms with Crippen molar-refractivity contribution in [3.05, 3.63) is 35.6 Å². The Morgan fingerprint density at radius 1 is 1.36 bits per heavy atom. The van der Waals surface area contributed by atoms with Gasteiger partial charge in [0, 0.05) is 38.4 Å². The van der Waals surface area contributed by atoms with E-state index in [4.69, 9.17) is 14.0 Å². The molecule has 2 aromatic heterocycles. The summed E-state index contributed by atoms with van der Waals surface area (Å²) in [5, 5.41) is 3.88. The van der Waals surface area contributed by atoms with Gasteiger partial charge in [0.15, 0.2) is 5.82 Å². The van der Waals surface area contributed by atoms with E-state index in [9.17, 15) is 4.79 Å². The minimum Gasteiger partial charge on any atom is -0.481 e. The summed E-state index contributed by atoms with van der Waals surface area (Å²) in [6.07, 6.45) is 6.05. The topological polar surface area (TPSA) is 90.6 Å². The number of pyridine rings is 1. The van der Waals surface area contributed by atoms with Gasteiger partial charge in [0.25, 0.3) is 5.91 Å². The number of ether oxygens (including phenoxy) is 2. The predicted molar refractivity (Wildman–Crippen MR) is 100 cm³/mol.